The molecule has 2 aromatic rings. The quantitative estimate of drug-likeness (QED) is 0.373. The van der Waals surface area contributed by atoms with Crippen molar-refractivity contribution in [2.24, 2.45) is 5.10 Å². The Hall–Kier alpha value is -2.05. The molecule has 0 radical (unpaired) electrons. The van der Waals surface area contributed by atoms with Gasteiger partial charge in [0.1, 0.15) is 4.88 Å². The first-order valence-electron chi connectivity index (χ1n) is 7.13. The molecule has 2 rings (SSSR count). The molecule has 0 aliphatic carbocycles. The zero-order valence-corrected chi connectivity index (χ0v) is 15.7. The van der Waals surface area contributed by atoms with Gasteiger partial charge in [0.15, 0.2) is 11.5 Å². The first kappa shape index (κ1) is 20.0. The van der Waals surface area contributed by atoms with Crippen molar-refractivity contribution in [3.63, 3.8) is 0 Å². The topological polar surface area (TPSA) is 59.9 Å². The van der Waals surface area contributed by atoms with E-state index in [2.05, 4.69) is 10.5 Å². The van der Waals surface area contributed by atoms with Gasteiger partial charge in [-0.3, -0.25) is 0 Å². The van der Waals surface area contributed by atoms with Gasteiger partial charge in [0, 0.05) is 5.54 Å². The van der Waals surface area contributed by atoms with Crippen molar-refractivity contribution < 1.29 is 14.3 Å². The van der Waals surface area contributed by atoms with Crippen LogP contribution in [0, 0.1) is 0 Å². The van der Waals surface area contributed by atoms with Gasteiger partial charge < -0.3 is 14.9 Å². The number of hydrogen-bond donors (Lipinski definition) is 1. The van der Waals surface area contributed by atoms with Crippen molar-refractivity contribution >= 4 is 35.9 Å². The van der Waals surface area contributed by atoms with Gasteiger partial charge >= 0.3 is 5.97 Å². The average Bonchev–Trinajstić information content (AvgIpc) is 3.01. The molecule has 5 nitrogen and oxygen atoms in total. The summed E-state index contributed by atoms with van der Waals surface area (Å²) in [6, 6.07) is 8.81. The molecule has 0 unspecified atom stereocenters. The van der Waals surface area contributed by atoms with E-state index in [4.69, 9.17) is 9.47 Å². The number of carbonyl (C=O) groups excluding carboxylic acids is 1. The van der Waals surface area contributed by atoms with Gasteiger partial charge in [-0.1, -0.05) is 6.07 Å². The van der Waals surface area contributed by atoms with Gasteiger partial charge in [-0.05, 0) is 56.0 Å². The number of benzene rings is 1. The van der Waals surface area contributed by atoms with Crippen LogP contribution in [0.5, 0.6) is 11.5 Å². The molecule has 0 bridgehead atoms. The number of rotatable bonds is 5. The maximum atomic E-state index is 12.0. The maximum Gasteiger partial charge on any atom is 0.353 e. The van der Waals surface area contributed by atoms with E-state index in [-0.39, 0.29) is 17.9 Å². The van der Waals surface area contributed by atoms with E-state index in [1.54, 1.807) is 30.5 Å². The highest BCUT2D eigenvalue weighted by molar-refractivity contribution is 7.12. The highest BCUT2D eigenvalue weighted by Gasteiger charge is 2.13. The van der Waals surface area contributed by atoms with Crippen LogP contribution in [0.4, 0.5) is 0 Å². The molecular weight excluding hydrogens is 348 g/mol. The van der Waals surface area contributed by atoms with Gasteiger partial charge in [0.2, 0.25) is 0 Å². The Kier molecular flexibility index (Phi) is 7.25. The zero-order valence-electron chi connectivity index (χ0n) is 14.0. The minimum Gasteiger partial charge on any atom is -0.493 e. The number of ether oxygens (including phenoxy) is 2. The van der Waals surface area contributed by atoms with E-state index in [1.807, 2.05) is 32.2 Å². The molecule has 0 fully saturated rings. The van der Waals surface area contributed by atoms with Crippen LogP contribution in [-0.4, -0.2) is 24.8 Å². The van der Waals surface area contributed by atoms with Gasteiger partial charge in [0.05, 0.1) is 13.3 Å². The number of hydrogen-bond acceptors (Lipinski definition) is 6. The summed E-state index contributed by atoms with van der Waals surface area (Å²) in [6.07, 6.45) is 1.69. The highest BCUT2D eigenvalue weighted by Crippen LogP contribution is 2.28. The van der Waals surface area contributed by atoms with E-state index >= 15 is 0 Å². The lowest BCUT2D eigenvalue weighted by Gasteiger charge is -2.17. The zero-order chi connectivity index (χ0) is 16.9. The summed E-state index contributed by atoms with van der Waals surface area (Å²) in [5, 5.41) is 6.01. The number of nitrogens with zero attached hydrogens (tertiary/aromatic N) is 1. The Balaban J connectivity index is 0.00000288. The Morgan fingerprint density at radius 1 is 1.25 bits per heavy atom. The van der Waals surface area contributed by atoms with Gasteiger partial charge in [-0.25, -0.2) is 4.79 Å². The van der Waals surface area contributed by atoms with Gasteiger partial charge in [-0.15, -0.1) is 23.7 Å². The molecule has 0 aliphatic rings. The lowest BCUT2D eigenvalue weighted by atomic mass is 10.1. The van der Waals surface area contributed by atoms with Crippen LogP contribution < -0.4 is 14.9 Å². The summed E-state index contributed by atoms with van der Waals surface area (Å²) in [4.78, 5) is 12.6. The number of nitrogens with one attached hydrogen (secondary N) is 1. The van der Waals surface area contributed by atoms with E-state index in [9.17, 15) is 4.79 Å². The van der Waals surface area contributed by atoms with Crippen molar-refractivity contribution in [3.05, 3.63) is 46.2 Å². The Morgan fingerprint density at radius 2 is 2.00 bits per heavy atom. The molecule has 1 heterocycles. The minimum atomic E-state index is -0.394. The standard InChI is InChI=1S/C17H20N2O3S.ClH/c1-17(2,3)19-18-11-12-7-8-13(14(10-12)21-4)22-16(20)15-6-5-9-23-15;/h5-11,19H,1-4H3;1H/b18-11+;. The van der Waals surface area contributed by atoms with E-state index in [0.29, 0.717) is 16.4 Å². The fraction of sp³-hybridized carbons (Fsp3) is 0.294. The number of thiophene rings is 1. The molecule has 0 atom stereocenters. The van der Waals surface area contributed by atoms with Crippen LogP contribution in [0.15, 0.2) is 40.8 Å². The van der Waals surface area contributed by atoms with Crippen LogP contribution in [0.25, 0.3) is 0 Å². The fourth-order valence-corrected chi connectivity index (χ4v) is 2.29. The fourth-order valence-electron chi connectivity index (χ4n) is 1.69. The van der Waals surface area contributed by atoms with Crippen LogP contribution in [0.3, 0.4) is 0 Å². The molecular formula is C17H21ClN2O3S. The van der Waals surface area contributed by atoms with Crippen molar-refractivity contribution in [1.29, 1.82) is 0 Å². The number of halogens is 1. The predicted octanol–water partition coefficient (Wildman–Crippen LogP) is 4.12. The monoisotopic (exact) mass is 368 g/mol. The summed E-state index contributed by atoms with van der Waals surface area (Å²) < 4.78 is 10.7. The highest BCUT2D eigenvalue weighted by atomic mass is 35.5. The van der Waals surface area contributed by atoms with Gasteiger partial charge in [-0.2, -0.15) is 5.10 Å². The maximum absolute atomic E-state index is 12.0. The van der Waals surface area contributed by atoms with E-state index < -0.39 is 5.97 Å². The largest absolute Gasteiger partial charge is 0.493 e. The van der Waals surface area contributed by atoms with Crippen LogP contribution in [0.1, 0.15) is 36.0 Å². The molecule has 0 saturated carbocycles. The smallest absolute Gasteiger partial charge is 0.353 e. The van der Waals surface area contributed by atoms with E-state index in [1.165, 1.54) is 18.4 Å². The van der Waals surface area contributed by atoms with Crippen molar-refractivity contribution in [2.75, 3.05) is 7.11 Å². The van der Waals surface area contributed by atoms with Crippen molar-refractivity contribution in [2.45, 2.75) is 26.3 Å². The first-order chi connectivity index (χ1) is 10.9. The third-order valence-electron chi connectivity index (χ3n) is 2.73. The molecule has 0 spiro atoms. The number of esters is 1. The average molecular weight is 369 g/mol. The third-order valence-corrected chi connectivity index (χ3v) is 3.58. The van der Waals surface area contributed by atoms with Crippen molar-refractivity contribution in [3.8, 4) is 11.5 Å². The SMILES string of the molecule is COc1cc(/C=N/NC(C)(C)C)ccc1OC(=O)c1cccs1.Cl. The summed E-state index contributed by atoms with van der Waals surface area (Å²) >= 11 is 1.34. The normalized spacial score (nSPS) is 11.0. The molecule has 0 amide bonds. The molecule has 1 aromatic heterocycles. The molecule has 0 saturated heterocycles. The summed E-state index contributed by atoms with van der Waals surface area (Å²) in [6.45, 7) is 6.08. The van der Waals surface area contributed by atoms with Crippen LogP contribution >= 0.6 is 23.7 Å². The molecule has 130 valence electrons. The second-order valence-corrected chi connectivity index (χ2v) is 6.84. The third kappa shape index (κ3) is 5.86. The van der Waals surface area contributed by atoms with Crippen molar-refractivity contribution in [1.82, 2.24) is 5.43 Å². The van der Waals surface area contributed by atoms with Gasteiger partial charge in [0.25, 0.3) is 0 Å². The lowest BCUT2D eigenvalue weighted by Crippen LogP contribution is -2.31. The molecule has 1 N–H and O–H groups in total. The minimum absolute atomic E-state index is 0. The summed E-state index contributed by atoms with van der Waals surface area (Å²) in [7, 11) is 1.53. The second-order valence-electron chi connectivity index (χ2n) is 5.90. The number of hydrazone groups is 1. The molecule has 0 aliphatic heterocycles. The first-order valence-corrected chi connectivity index (χ1v) is 8.01. The predicted molar refractivity (Wildman–Crippen MR) is 100 cm³/mol. The molecule has 24 heavy (non-hydrogen) atoms. The molecule has 1 aromatic carbocycles. The van der Waals surface area contributed by atoms with E-state index in [0.717, 1.165) is 5.56 Å². The Bertz CT molecular complexity index is 694. The lowest BCUT2D eigenvalue weighted by molar-refractivity contribution is 0.0735. The molecule has 7 heteroatoms. The number of carbonyl (C=O) groups is 1. The second kappa shape index (κ2) is 8.70. The number of methoxy groups -OCH3 is 1. The van der Waals surface area contributed by atoms with Crippen LogP contribution in [0.2, 0.25) is 0 Å². The summed E-state index contributed by atoms with van der Waals surface area (Å²) in [5.74, 6) is 0.468. The Labute approximate surface area is 152 Å². The van der Waals surface area contributed by atoms with Crippen LogP contribution in [-0.2, 0) is 0 Å². The Morgan fingerprint density at radius 3 is 2.58 bits per heavy atom. The summed E-state index contributed by atoms with van der Waals surface area (Å²) in [5.41, 5.74) is 3.76.